The van der Waals surface area contributed by atoms with E-state index in [-0.39, 0.29) is 23.8 Å². The average molecular weight is 329 g/mol. The van der Waals surface area contributed by atoms with Crippen molar-refractivity contribution in [2.45, 2.75) is 38.6 Å². The molecule has 0 aromatic heterocycles. The van der Waals surface area contributed by atoms with Gasteiger partial charge in [0, 0.05) is 25.2 Å². The summed E-state index contributed by atoms with van der Waals surface area (Å²) >= 11 is 0. The van der Waals surface area contributed by atoms with Gasteiger partial charge in [-0.05, 0) is 57.3 Å². The number of nitrogens with zero attached hydrogens (tertiary/aromatic N) is 2. The number of para-hydroxylation sites is 1. The van der Waals surface area contributed by atoms with Gasteiger partial charge in [-0.3, -0.25) is 14.5 Å². The highest BCUT2D eigenvalue weighted by Crippen LogP contribution is 2.28. The fourth-order valence-corrected chi connectivity index (χ4v) is 3.90. The molecule has 0 saturated carbocycles. The van der Waals surface area contributed by atoms with Crippen molar-refractivity contribution in [1.82, 2.24) is 10.2 Å². The zero-order valence-corrected chi connectivity index (χ0v) is 14.6. The van der Waals surface area contributed by atoms with Crippen molar-refractivity contribution in [3.63, 3.8) is 0 Å². The van der Waals surface area contributed by atoms with Crippen molar-refractivity contribution in [2.24, 2.45) is 5.92 Å². The Balaban J connectivity index is 1.65. The largest absolute Gasteiger partial charge is 0.359 e. The van der Waals surface area contributed by atoms with Crippen LogP contribution >= 0.6 is 0 Å². The van der Waals surface area contributed by atoms with E-state index < -0.39 is 0 Å². The smallest absolute Gasteiger partial charge is 0.244 e. The Bertz CT molecular complexity index is 608. The minimum atomic E-state index is -0.137. The topological polar surface area (TPSA) is 52.7 Å². The molecule has 1 N–H and O–H groups in total. The number of hydrogen-bond acceptors (Lipinski definition) is 3. The van der Waals surface area contributed by atoms with Crippen LogP contribution in [0.4, 0.5) is 5.69 Å². The maximum absolute atomic E-state index is 13.0. The standard InChI is InChI=1S/C19H27N3O2/c1-14(21-12-9-16(10-13-21)18(23)20-2)19(24)22-11-5-7-15-6-3-4-8-17(15)22/h3-4,6,8,14,16H,5,7,9-13H2,1-2H3,(H,20,23). The second-order valence-corrected chi connectivity index (χ2v) is 6.82. The van der Waals surface area contributed by atoms with Gasteiger partial charge in [0.2, 0.25) is 11.8 Å². The summed E-state index contributed by atoms with van der Waals surface area (Å²) in [6, 6.07) is 8.08. The summed E-state index contributed by atoms with van der Waals surface area (Å²) in [6.07, 6.45) is 3.72. The fraction of sp³-hybridized carbons (Fsp3) is 0.579. The molecule has 2 amide bonds. The van der Waals surface area contributed by atoms with E-state index in [0.717, 1.165) is 51.0 Å². The first-order chi connectivity index (χ1) is 11.6. The molecule has 3 rings (SSSR count). The molecule has 1 aromatic rings. The van der Waals surface area contributed by atoms with Gasteiger partial charge in [0.15, 0.2) is 0 Å². The van der Waals surface area contributed by atoms with E-state index in [1.807, 2.05) is 24.0 Å². The number of anilines is 1. The van der Waals surface area contributed by atoms with Crippen LogP contribution in [0.2, 0.25) is 0 Å². The first kappa shape index (κ1) is 17.0. The van der Waals surface area contributed by atoms with Crippen molar-refractivity contribution >= 4 is 17.5 Å². The Kier molecular flexibility index (Phi) is 5.19. The zero-order chi connectivity index (χ0) is 17.1. The summed E-state index contributed by atoms with van der Waals surface area (Å²) < 4.78 is 0. The average Bonchev–Trinajstić information content (AvgIpc) is 2.66. The maximum Gasteiger partial charge on any atom is 0.244 e. The number of likely N-dealkylation sites (tertiary alicyclic amines) is 1. The van der Waals surface area contributed by atoms with Gasteiger partial charge in [0.25, 0.3) is 0 Å². The van der Waals surface area contributed by atoms with E-state index in [1.54, 1.807) is 7.05 Å². The fourth-order valence-electron chi connectivity index (χ4n) is 3.90. The number of benzene rings is 1. The number of hydrogen-bond donors (Lipinski definition) is 1. The van der Waals surface area contributed by atoms with E-state index in [1.165, 1.54) is 5.56 Å². The molecule has 0 bridgehead atoms. The minimum absolute atomic E-state index is 0.0873. The summed E-state index contributed by atoms with van der Waals surface area (Å²) in [4.78, 5) is 29.0. The van der Waals surface area contributed by atoms with Crippen molar-refractivity contribution in [3.05, 3.63) is 29.8 Å². The molecule has 1 atom stereocenters. The molecule has 1 saturated heterocycles. The Labute approximate surface area is 144 Å². The number of carbonyl (C=O) groups is 2. The van der Waals surface area contributed by atoms with Crippen molar-refractivity contribution < 1.29 is 9.59 Å². The van der Waals surface area contributed by atoms with Crippen LogP contribution in [-0.2, 0) is 16.0 Å². The molecule has 24 heavy (non-hydrogen) atoms. The van der Waals surface area contributed by atoms with E-state index >= 15 is 0 Å². The monoisotopic (exact) mass is 329 g/mol. The molecule has 5 nitrogen and oxygen atoms in total. The molecule has 1 fully saturated rings. The predicted octanol–water partition coefficient (Wildman–Crippen LogP) is 1.81. The van der Waals surface area contributed by atoms with Crippen LogP contribution in [0.3, 0.4) is 0 Å². The lowest BCUT2D eigenvalue weighted by Crippen LogP contribution is -2.51. The van der Waals surface area contributed by atoms with Gasteiger partial charge in [-0.2, -0.15) is 0 Å². The van der Waals surface area contributed by atoms with Gasteiger partial charge >= 0.3 is 0 Å². The summed E-state index contributed by atoms with van der Waals surface area (Å²) in [5, 5.41) is 2.73. The first-order valence-electron chi connectivity index (χ1n) is 8.96. The highest BCUT2D eigenvalue weighted by atomic mass is 16.2. The van der Waals surface area contributed by atoms with Crippen LogP contribution in [-0.4, -0.2) is 49.4 Å². The molecule has 2 aliphatic rings. The second kappa shape index (κ2) is 7.34. The van der Waals surface area contributed by atoms with E-state index in [2.05, 4.69) is 22.3 Å². The summed E-state index contributed by atoms with van der Waals surface area (Å²) in [7, 11) is 1.69. The molecule has 2 aliphatic heterocycles. The zero-order valence-electron chi connectivity index (χ0n) is 14.6. The minimum Gasteiger partial charge on any atom is -0.359 e. The molecule has 5 heteroatoms. The number of carbonyl (C=O) groups excluding carboxylic acids is 2. The normalized spacial score (nSPS) is 20.3. The van der Waals surface area contributed by atoms with Gasteiger partial charge in [-0.25, -0.2) is 0 Å². The third-order valence-electron chi connectivity index (χ3n) is 5.43. The van der Waals surface area contributed by atoms with Gasteiger partial charge in [-0.1, -0.05) is 18.2 Å². The number of aryl methyl sites for hydroxylation is 1. The number of piperidine rings is 1. The Morgan fingerprint density at radius 3 is 2.58 bits per heavy atom. The highest BCUT2D eigenvalue weighted by molar-refractivity contribution is 5.98. The van der Waals surface area contributed by atoms with Crippen LogP contribution in [0.1, 0.15) is 31.7 Å². The second-order valence-electron chi connectivity index (χ2n) is 6.82. The lowest BCUT2D eigenvalue weighted by atomic mass is 9.94. The number of rotatable bonds is 3. The Morgan fingerprint density at radius 2 is 1.88 bits per heavy atom. The van der Waals surface area contributed by atoms with Crippen molar-refractivity contribution in [2.75, 3.05) is 31.6 Å². The van der Waals surface area contributed by atoms with Crippen LogP contribution in [0, 0.1) is 5.92 Å². The van der Waals surface area contributed by atoms with Gasteiger partial charge in [0.05, 0.1) is 6.04 Å². The molecule has 130 valence electrons. The molecular formula is C19H27N3O2. The van der Waals surface area contributed by atoms with Crippen molar-refractivity contribution in [3.8, 4) is 0 Å². The van der Waals surface area contributed by atoms with Gasteiger partial charge in [0.1, 0.15) is 0 Å². The molecule has 0 aliphatic carbocycles. The lowest BCUT2D eigenvalue weighted by Gasteiger charge is -2.38. The molecule has 1 aromatic carbocycles. The summed E-state index contributed by atoms with van der Waals surface area (Å²) in [6.45, 7) is 4.41. The molecular weight excluding hydrogens is 302 g/mol. The quantitative estimate of drug-likeness (QED) is 0.920. The van der Waals surface area contributed by atoms with Crippen molar-refractivity contribution in [1.29, 1.82) is 0 Å². The van der Waals surface area contributed by atoms with E-state index in [9.17, 15) is 9.59 Å². The molecule has 1 unspecified atom stereocenters. The molecule has 0 radical (unpaired) electrons. The number of fused-ring (bicyclic) bond motifs is 1. The van der Waals surface area contributed by atoms with Crippen LogP contribution in [0.15, 0.2) is 24.3 Å². The van der Waals surface area contributed by atoms with Gasteiger partial charge < -0.3 is 10.2 Å². The van der Waals surface area contributed by atoms with E-state index in [0.29, 0.717) is 0 Å². The molecule has 2 heterocycles. The summed E-state index contributed by atoms with van der Waals surface area (Å²) in [5.41, 5.74) is 2.34. The SMILES string of the molecule is CNC(=O)C1CCN(C(C)C(=O)N2CCCc3ccccc32)CC1. The van der Waals surface area contributed by atoms with Crippen LogP contribution < -0.4 is 10.2 Å². The summed E-state index contributed by atoms with van der Waals surface area (Å²) in [5.74, 6) is 0.392. The maximum atomic E-state index is 13.0. The third-order valence-corrected chi connectivity index (χ3v) is 5.43. The van der Waals surface area contributed by atoms with Gasteiger partial charge in [-0.15, -0.1) is 0 Å². The Morgan fingerprint density at radius 1 is 1.17 bits per heavy atom. The Hall–Kier alpha value is -1.88. The number of amides is 2. The van der Waals surface area contributed by atoms with Crippen LogP contribution in [0.25, 0.3) is 0 Å². The van der Waals surface area contributed by atoms with E-state index in [4.69, 9.17) is 0 Å². The van der Waals surface area contributed by atoms with Crippen LogP contribution in [0.5, 0.6) is 0 Å². The first-order valence-corrected chi connectivity index (χ1v) is 8.96. The third kappa shape index (κ3) is 3.31. The highest BCUT2D eigenvalue weighted by Gasteiger charge is 2.33. The number of nitrogens with one attached hydrogen (secondary N) is 1. The lowest BCUT2D eigenvalue weighted by molar-refractivity contribution is -0.127. The molecule has 0 spiro atoms. The predicted molar refractivity (Wildman–Crippen MR) is 94.9 cm³/mol.